The zero-order valence-corrected chi connectivity index (χ0v) is 15.1. The first kappa shape index (κ1) is 17.0. The van der Waals surface area contributed by atoms with Crippen LogP contribution in [0.1, 0.15) is 28.2 Å². The van der Waals surface area contributed by atoms with Gasteiger partial charge in [0.25, 0.3) is 5.56 Å². The summed E-state index contributed by atoms with van der Waals surface area (Å²) >= 11 is 0. The van der Waals surface area contributed by atoms with Crippen LogP contribution in [-0.2, 0) is 6.54 Å². The molecule has 0 bridgehead atoms. The molecule has 4 rings (SSSR count). The van der Waals surface area contributed by atoms with Crippen molar-refractivity contribution in [2.24, 2.45) is 0 Å². The summed E-state index contributed by atoms with van der Waals surface area (Å²) in [6, 6.07) is 12.6. The van der Waals surface area contributed by atoms with Crippen molar-refractivity contribution in [2.45, 2.75) is 13.0 Å². The molecule has 136 valence electrons. The van der Waals surface area contributed by atoms with Gasteiger partial charge in [-0.2, -0.15) is 0 Å². The zero-order valence-electron chi connectivity index (χ0n) is 15.1. The minimum Gasteiger partial charge on any atom is -0.478 e. The van der Waals surface area contributed by atoms with E-state index in [-0.39, 0.29) is 11.1 Å². The van der Waals surface area contributed by atoms with Gasteiger partial charge in [-0.25, -0.2) is 9.78 Å². The smallest absolute Gasteiger partial charge is 0.335 e. The first-order valence-corrected chi connectivity index (χ1v) is 8.70. The maximum atomic E-state index is 12.8. The van der Waals surface area contributed by atoms with Gasteiger partial charge in [0.1, 0.15) is 5.82 Å². The molecule has 1 aliphatic heterocycles. The molecule has 0 atom stereocenters. The Labute approximate surface area is 156 Å². The monoisotopic (exact) mass is 361 g/mol. The first-order chi connectivity index (χ1) is 12.9. The lowest BCUT2D eigenvalue weighted by Gasteiger charge is -2.12. The number of aromatic carboxylic acids is 1. The number of nitrogens with zero attached hydrogens (tertiary/aromatic N) is 3. The van der Waals surface area contributed by atoms with Crippen molar-refractivity contribution in [1.82, 2.24) is 9.55 Å². The van der Waals surface area contributed by atoms with Crippen molar-refractivity contribution in [1.29, 1.82) is 0 Å². The number of allylic oxidation sites excluding steroid dienone is 1. The van der Waals surface area contributed by atoms with Gasteiger partial charge in [0, 0.05) is 26.3 Å². The van der Waals surface area contributed by atoms with E-state index in [0.717, 1.165) is 23.2 Å². The van der Waals surface area contributed by atoms with Gasteiger partial charge in [0.05, 0.1) is 16.5 Å². The summed E-state index contributed by atoms with van der Waals surface area (Å²) in [4.78, 5) is 30.6. The number of carbonyl (C=O) groups is 1. The summed E-state index contributed by atoms with van der Waals surface area (Å²) in [5.41, 5.74) is 3.55. The van der Waals surface area contributed by atoms with Crippen molar-refractivity contribution < 1.29 is 9.90 Å². The third kappa shape index (κ3) is 2.99. The molecule has 1 aliphatic rings. The fraction of sp³-hybridized carbons (Fsp3) is 0.190. The van der Waals surface area contributed by atoms with Gasteiger partial charge in [-0.3, -0.25) is 9.36 Å². The molecule has 3 aromatic rings. The van der Waals surface area contributed by atoms with Crippen LogP contribution in [0.25, 0.3) is 22.6 Å². The summed E-state index contributed by atoms with van der Waals surface area (Å²) < 4.78 is 1.67. The predicted molar refractivity (Wildman–Crippen MR) is 106 cm³/mol. The van der Waals surface area contributed by atoms with E-state index in [4.69, 9.17) is 0 Å². The van der Waals surface area contributed by atoms with Gasteiger partial charge in [-0.15, -0.1) is 0 Å². The molecule has 0 amide bonds. The molecule has 0 unspecified atom stereocenters. The number of hydrogen-bond donors (Lipinski definition) is 1. The summed E-state index contributed by atoms with van der Waals surface area (Å²) in [7, 11) is 3.99. The zero-order chi connectivity index (χ0) is 19.1. The molecule has 0 fully saturated rings. The second kappa shape index (κ2) is 6.39. The molecule has 0 radical (unpaired) electrons. The Hall–Kier alpha value is -3.41. The Bertz CT molecular complexity index is 1140. The number of fused-ring (bicyclic) bond motifs is 2. The molecular formula is C21H19N3O3. The molecule has 0 saturated carbocycles. The molecule has 27 heavy (non-hydrogen) atoms. The van der Waals surface area contributed by atoms with Gasteiger partial charge in [-0.05, 0) is 54.0 Å². The number of rotatable bonds is 3. The van der Waals surface area contributed by atoms with E-state index in [1.165, 1.54) is 12.1 Å². The minimum absolute atomic E-state index is 0.127. The quantitative estimate of drug-likeness (QED) is 0.776. The largest absolute Gasteiger partial charge is 0.478 e. The van der Waals surface area contributed by atoms with E-state index >= 15 is 0 Å². The molecule has 0 saturated heterocycles. The number of anilines is 1. The average Bonchev–Trinajstić information content (AvgIpc) is 3.05. The summed E-state index contributed by atoms with van der Waals surface area (Å²) in [6.07, 6.45) is 2.76. The van der Waals surface area contributed by atoms with Crippen molar-refractivity contribution >= 4 is 34.2 Å². The molecular weight excluding hydrogens is 342 g/mol. The highest BCUT2D eigenvalue weighted by molar-refractivity contribution is 5.93. The second-order valence-electron chi connectivity index (χ2n) is 6.83. The van der Waals surface area contributed by atoms with Gasteiger partial charge < -0.3 is 10.0 Å². The molecule has 2 heterocycles. The normalized spacial score (nSPS) is 14.5. The lowest BCUT2D eigenvalue weighted by Crippen LogP contribution is -2.21. The lowest BCUT2D eigenvalue weighted by atomic mass is 10.1. The summed E-state index contributed by atoms with van der Waals surface area (Å²) in [5.74, 6) is -0.414. The minimum atomic E-state index is -1.03. The first-order valence-electron chi connectivity index (χ1n) is 8.70. The molecule has 0 spiro atoms. The van der Waals surface area contributed by atoms with Crippen LogP contribution in [0.3, 0.4) is 0 Å². The van der Waals surface area contributed by atoms with E-state index in [1.54, 1.807) is 10.6 Å². The Morgan fingerprint density at radius 1 is 1.19 bits per heavy atom. The molecule has 2 aromatic carbocycles. The van der Waals surface area contributed by atoms with E-state index in [1.807, 2.05) is 49.3 Å². The topological polar surface area (TPSA) is 75.4 Å². The Balaban J connectivity index is 1.81. The Kier molecular flexibility index (Phi) is 4.03. The van der Waals surface area contributed by atoms with Crippen LogP contribution in [0.2, 0.25) is 0 Å². The lowest BCUT2D eigenvalue weighted by molar-refractivity contribution is 0.0697. The Morgan fingerprint density at radius 2 is 1.93 bits per heavy atom. The molecule has 0 aliphatic carbocycles. The fourth-order valence-electron chi connectivity index (χ4n) is 3.36. The SMILES string of the molecule is CN(C)c1ccc(C=C2CCn3c2nc2cc(C(=O)O)ccc2c3=O)cc1. The van der Waals surface area contributed by atoms with Gasteiger partial charge in [0.15, 0.2) is 0 Å². The molecule has 1 N–H and O–H groups in total. The number of hydrogen-bond acceptors (Lipinski definition) is 4. The highest BCUT2D eigenvalue weighted by atomic mass is 16.4. The standard InChI is InChI=1S/C21H19N3O3/c1-23(2)16-6-3-13(4-7-16)11-14-9-10-24-19(14)22-18-12-15(21(26)27)5-8-17(18)20(24)25/h3-8,11-12H,9-10H2,1-2H3,(H,26,27). The van der Waals surface area contributed by atoms with Crippen molar-refractivity contribution in [3.05, 3.63) is 69.8 Å². The van der Waals surface area contributed by atoms with Crippen LogP contribution >= 0.6 is 0 Å². The average molecular weight is 361 g/mol. The van der Waals surface area contributed by atoms with Crippen LogP contribution in [-0.4, -0.2) is 34.7 Å². The molecule has 1 aromatic heterocycles. The summed E-state index contributed by atoms with van der Waals surface area (Å²) in [5, 5.41) is 9.63. The highest BCUT2D eigenvalue weighted by Gasteiger charge is 2.21. The second-order valence-corrected chi connectivity index (χ2v) is 6.83. The third-order valence-corrected chi connectivity index (χ3v) is 4.84. The van der Waals surface area contributed by atoms with Crippen LogP contribution < -0.4 is 10.5 Å². The van der Waals surface area contributed by atoms with Crippen molar-refractivity contribution in [3.63, 3.8) is 0 Å². The molecule has 6 nitrogen and oxygen atoms in total. The maximum absolute atomic E-state index is 12.8. The number of aromatic nitrogens is 2. The van der Waals surface area contributed by atoms with Crippen molar-refractivity contribution in [2.75, 3.05) is 19.0 Å². The Morgan fingerprint density at radius 3 is 2.59 bits per heavy atom. The number of carboxylic acids is 1. The summed E-state index contributed by atoms with van der Waals surface area (Å²) in [6.45, 7) is 0.583. The van der Waals surface area contributed by atoms with E-state index in [2.05, 4.69) is 4.98 Å². The highest BCUT2D eigenvalue weighted by Crippen LogP contribution is 2.28. The predicted octanol–water partition coefficient (Wildman–Crippen LogP) is 3.11. The van der Waals surface area contributed by atoms with Crippen molar-refractivity contribution in [3.8, 4) is 0 Å². The van der Waals surface area contributed by atoms with E-state index in [0.29, 0.717) is 23.3 Å². The maximum Gasteiger partial charge on any atom is 0.335 e. The van der Waals surface area contributed by atoms with Gasteiger partial charge in [-0.1, -0.05) is 12.1 Å². The van der Waals surface area contributed by atoms with Crippen LogP contribution in [0.4, 0.5) is 5.69 Å². The fourth-order valence-corrected chi connectivity index (χ4v) is 3.36. The van der Waals surface area contributed by atoms with Gasteiger partial charge in [0.2, 0.25) is 0 Å². The number of carboxylic acid groups (broad SMARTS) is 1. The van der Waals surface area contributed by atoms with E-state index < -0.39 is 5.97 Å². The number of benzene rings is 2. The van der Waals surface area contributed by atoms with E-state index in [9.17, 15) is 14.7 Å². The molecule has 6 heteroatoms. The van der Waals surface area contributed by atoms with Gasteiger partial charge >= 0.3 is 5.97 Å². The van der Waals surface area contributed by atoms with Crippen LogP contribution in [0, 0.1) is 0 Å². The third-order valence-electron chi connectivity index (χ3n) is 4.84. The van der Waals surface area contributed by atoms with Crippen LogP contribution in [0.5, 0.6) is 0 Å². The van der Waals surface area contributed by atoms with Crippen LogP contribution in [0.15, 0.2) is 47.3 Å².